The van der Waals surface area contributed by atoms with Crippen molar-refractivity contribution in [1.29, 1.82) is 0 Å². The maximum Gasteiger partial charge on any atom is -0.0771 e. The second kappa shape index (κ2) is 13.1. The van der Waals surface area contributed by atoms with Crippen LogP contribution in [-0.2, 0) is 18.9 Å². The number of halogens is 2. The van der Waals surface area contributed by atoms with Crippen molar-refractivity contribution in [2.24, 2.45) is 0 Å². The number of benzene rings is 5. The maximum atomic E-state index is 6.24. The molecule has 0 N–H and O–H groups in total. The van der Waals surface area contributed by atoms with Crippen LogP contribution < -0.4 is 0 Å². The van der Waals surface area contributed by atoms with E-state index in [0.29, 0.717) is 0 Å². The summed E-state index contributed by atoms with van der Waals surface area (Å²) in [4.78, 5) is 0. The van der Waals surface area contributed by atoms with E-state index in [1.54, 1.807) is 0 Å². The van der Waals surface area contributed by atoms with E-state index in [-0.39, 0.29) is 0 Å². The SMILES string of the molecule is [Cl][Zr]([Cl])=[C](c1ccccc1)c1ccccc1.c1ccc2[cH-]ccc2c1.c1ccc2c(c1)[cH-]c1ccccc12. The van der Waals surface area contributed by atoms with Crippen molar-refractivity contribution in [1.82, 2.24) is 0 Å². The van der Waals surface area contributed by atoms with Crippen LogP contribution in [0.1, 0.15) is 11.1 Å². The van der Waals surface area contributed by atoms with Gasteiger partial charge in [0.15, 0.2) is 0 Å². The number of hydrogen-bond donors (Lipinski definition) is 0. The molecule has 7 aromatic carbocycles. The smallest absolute Gasteiger partial charge is 0.0771 e. The maximum absolute atomic E-state index is 6.24. The van der Waals surface area contributed by atoms with Crippen LogP contribution in [0.25, 0.3) is 32.3 Å². The average Bonchev–Trinajstić information content (AvgIpc) is 3.60. The van der Waals surface area contributed by atoms with Crippen molar-refractivity contribution >= 4 is 52.5 Å². The van der Waals surface area contributed by atoms with Gasteiger partial charge >= 0.3 is 111 Å². The quantitative estimate of drug-likeness (QED) is 0.171. The third-order valence-corrected chi connectivity index (χ3v) is 11.0. The molecule has 0 fully saturated rings. The normalized spacial score (nSPS) is 10.4. The molecule has 7 aromatic rings. The zero-order valence-electron chi connectivity index (χ0n) is 20.8. The fourth-order valence-corrected chi connectivity index (χ4v) is 9.04. The largest absolute Gasteiger partial charge is 0.168 e. The van der Waals surface area contributed by atoms with E-state index >= 15 is 0 Å². The van der Waals surface area contributed by atoms with E-state index < -0.39 is 18.9 Å². The molecule has 0 nitrogen and oxygen atoms in total. The van der Waals surface area contributed by atoms with Gasteiger partial charge in [0, 0.05) is 0 Å². The van der Waals surface area contributed by atoms with Gasteiger partial charge < -0.3 is 0 Å². The number of fused-ring (bicyclic) bond motifs is 4. The molecule has 0 aliphatic rings. The van der Waals surface area contributed by atoms with Crippen molar-refractivity contribution in [2.75, 3.05) is 0 Å². The van der Waals surface area contributed by atoms with Gasteiger partial charge in [0.1, 0.15) is 0 Å². The molecule has 0 amide bonds. The minimum absolute atomic E-state index is 1.15. The predicted octanol–water partition coefficient (Wildman–Crippen LogP) is 10.5. The average molecular weight is 609 g/mol. The Kier molecular flexibility index (Phi) is 9.16. The van der Waals surface area contributed by atoms with Gasteiger partial charge in [0.05, 0.1) is 0 Å². The Morgan fingerprint density at radius 3 is 1.42 bits per heavy atom. The Balaban J connectivity index is 0.000000120. The van der Waals surface area contributed by atoms with E-state index in [0.717, 1.165) is 14.3 Å². The molecule has 0 saturated heterocycles. The molecular weight excluding hydrogens is 583 g/mol. The van der Waals surface area contributed by atoms with Crippen molar-refractivity contribution < 1.29 is 18.9 Å². The molecule has 3 heteroatoms. The molecule has 0 unspecified atom stereocenters. The molecule has 0 radical (unpaired) electrons. The van der Waals surface area contributed by atoms with Gasteiger partial charge in [-0.15, -0.1) is 69.4 Å². The third kappa shape index (κ3) is 6.48. The zero-order chi connectivity index (χ0) is 26.2. The van der Waals surface area contributed by atoms with Crippen molar-refractivity contribution in [3.63, 3.8) is 0 Å². The van der Waals surface area contributed by atoms with Crippen LogP contribution in [0, 0.1) is 0 Å². The Morgan fingerprint density at radius 2 is 0.921 bits per heavy atom. The third-order valence-electron chi connectivity index (χ3n) is 6.38. The summed E-state index contributed by atoms with van der Waals surface area (Å²) in [6.07, 6.45) is 0. The van der Waals surface area contributed by atoms with Crippen LogP contribution in [0.4, 0.5) is 0 Å². The molecule has 0 bridgehead atoms. The first-order chi connectivity index (χ1) is 18.7. The Bertz CT molecular complexity index is 1650. The van der Waals surface area contributed by atoms with Gasteiger partial charge in [-0.05, 0) is 0 Å². The Morgan fingerprint density at radius 1 is 0.474 bits per heavy atom. The molecule has 0 heterocycles. The number of hydrogen-bond acceptors (Lipinski definition) is 0. The van der Waals surface area contributed by atoms with E-state index in [1.165, 1.54) is 32.3 Å². The monoisotopic (exact) mass is 606 g/mol. The Hall–Kier alpha value is -3.09. The van der Waals surface area contributed by atoms with Crippen LogP contribution >= 0.6 is 17.0 Å². The minimum atomic E-state index is -2.44. The fraction of sp³-hybridized carbons (Fsp3) is 0. The second-order valence-corrected chi connectivity index (χ2v) is 17.0. The fourth-order valence-electron chi connectivity index (χ4n) is 4.57. The topological polar surface area (TPSA) is 0 Å². The summed E-state index contributed by atoms with van der Waals surface area (Å²) < 4.78 is 1.15. The predicted molar refractivity (Wildman–Crippen MR) is 164 cm³/mol. The van der Waals surface area contributed by atoms with Gasteiger partial charge in [-0.2, -0.15) is 17.5 Å². The molecule has 0 saturated carbocycles. The molecule has 38 heavy (non-hydrogen) atoms. The first-order valence-electron chi connectivity index (χ1n) is 12.5. The first kappa shape index (κ1) is 26.5. The van der Waals surface area contributed by atoms with Crippen LogP contribution in [0.15, 0.2) is 158 Å². The van der Waals surface area contributed by atoms with E-state index in [1.807, 2.05) is 36.4 Å². The molecule has 0 atom stereocenters. The van der Waals surface area contributed by atoms with E-state index in [4.69, 9.17) is 17.0 Å². The summed E-state index contributed by atoms with van der Waals surface area (Å²) in [7, 11) is 12.5. The van der Waals surface area contributed by atoms with Crippen LogP contribution in [0.5, 0.6) is 0 Å². The summed E-state index contributed by atoms with van der Waals surface area (Å²) in [5.41, 5.74) is 2.29. The molecule has 0 spiro atoms. The van der Waals surface area contributed by atoms with Gasteiger partial charge in [-0.25, -0.2) is 0 Å². The standard InChI is InChI=1S/C13H9.C13H10.C9H7.2ClH.Zr/c1-3-7-12-10(5-1)9-11-6-2-4-8-13(11)12;1-3-7-12(8-4-1)11-13-9-5-2-6-10-13;1-2-5-9-7-3-6-8(9)4-1;;;/h1-9H;1-10H;1-7H;2*1H;/q-1;;-1;;;+2/p-2. The van der Waals surface area contributed by atoms with E-state index in [2.05, 4.69) is 121 Å². The molecular formula is C35H26Cl2Zr-2. The van der Waals surface area contributed by atoms with Crippen LogP contribution in [0.2, 0.25) is 0 Å². The van der Waals surface area contributed by atoms with Crippen LogP contribution in [-0.4, -0.2) is 3.21 Å². The van der Waals surface area contributed by atoms with Crippen LogP contribution in [0.3, 0.4) is 0 Å². The van der Waals surface area contributed by atoms with Crippen molar-refractivity contribution in [3.8, 4) is 0 Å². The molecule has 0 aliphatic carbocycles. The van der Waals surface area contributed by atoms with Gasteiger partial charge in [0.2, 0.25) is 0 Å². The summed E-state index contributed by atoms with van der Waals surface area (Å²) in [6, 6.07) is 54.2. The molecule has 7 rings (SSSR count). The summed E-state index contributed by atoms with van der Waals surface area (Å²) >= 11 is -2.44. The summed E-state index contributed by atoms with van der Waals surface area (Å²) in [5.74, 6) is 0. The van der Waals surface area contributed by atoms with Gasteiger partial charge in [-0.3, -0.25) is 0 Å². The molecule has 0 aliphatic heterocycles. The van der Waals surface area contributed by atoms with Gasteiger partial charge in [-0.1, -0.05) is 42.5 Å². The zero-order valence-corrected chi connectivity index (χ0v) is 24.7. The molecule has 0 aromatic heterocycles. The van der Waals surface area contributed by atoms with Crippen molar-refractivity contribution in [3.05, 3.63) is 169 Å². The summed E-state index contributed by atoms with van der Waals surface area (Å²) in [5, 5.41) is 8.05. The summed E-state index contributed by atoms with van der Waals surface area (Å²) in [6.45, 7) is 0. The number of rotatable bonds is 2. The Labute approximate surface area is 238 Å². The van der Waals surface area contributed by atoms with Gasteiger partial charge in [0.25, 0.3) is 0 Å². The van der Waals surface area contributed by atoms with E-state index in [9.17, 15) is 0 Å². The van der Waals surface area contributed by atoms with Crippen molar-refractivity contribution in [2.45, 2.75) is 0 Å². The minimum Gasteiger partial charge on any atom is -0.168 e. The first-order valence-corrected chi connectivity index (χ1v) is 20.1. The molecule has 186 valence electrons. The second-order valence-electron chi connectivity index (χ2n) is 8.84.